The van der Waals surface area contributed by atoms with Crippen molar-refractivity contribution in [2.45, 2.75) is 34.2 Å². The Balaban J connectivity index is 2.36. The van der Waals surface area contributed by atoms with Gasteiger partial charge in [0, 0.05) is 18.2 Å². The average Bonchev–Trinajstić information content (AvgIpc) is 2.37. The van der Waals surface area contributed by atoms with Crippen molar-refractivity contribution in [1.29, 1.82) is 0 Å². The van der Waals surface area contributed by atoms with Gasteiger partial charge in [-0.1, -0.05) is 27.7 Å². The lowest BCUT2D eigenvalue weighted by atomic mass is 9.76. The normalized spacial score (nSPS) is 14.3. The molecule has 3 heteroatoms. The molecule has 0 unspecified atom stereocenters. The van der Waals surface area contributed by atoms with Crippen molar-refractivity contribution in [2.24, 2.45) is 11.3 Å². The molecule has 1 aliphatic heterocycles. The van der Waals surface area contributed by atoms with E-state index in [1.807, 2.05) is 32.2 Å². The number of fused-ring (bicyclic) bond motifs is 1. The van der Waals surface area contributed by atoms with Crippen LogP contribution in [0, 0.1) is 11.3 Å². The Morgan fingerprint density at radius 1 is 1.44 bits per heavy atom. The summed E-state index contributed by atoms with van der Waals surface area (Å²) in [7, 11) is 0. The number of aromatic nitrogens is 1. The fourth-order valence-corrected chi connectivity index (χ4v) is 1.84. The monoisotopic (exact) mass is 244 g/mol. The summed E-state index contributed by atoms with van der Waals surface area (Å²) in [5, 5.41) is 3.13. The first-order valence-corrected chi connectivity index (χ1v) is 6.36. The molecule has 0 bridgehead atoms. The van der Waals surface area contributed by atoms with Crippen LogP contribution in [0.25, 0.3) is 6.08 Å². The minimum absolute atomic E-state index is 0.118. The third kappa shape index (κ3) is 2.17. The van der Waals surface area contributed by atoms with E-state index in [-0.39, 0.29) is 11.2 Å². The summed E-state index contributed by atoms with van der Waals surface area (Å²) in [5.41, 5.74) is 2.42. The summed E-state index contributed by atoms with van der Waals surface area (Å²) >= 11 is 0. The molecule has 0 saturated heterocycles. The number of carbonyl (C=O) groups excluding carboxylic acids is 1. The van der Waals surface area contributed by atoms with Crippen molar-refractivity contribution in [1.82, 2.24) is 10.3 Å². The molecule has 3 nitrogen and oxygen atoms in total. The predicted octanol–water partition coefficient (Wildman–Crippen LogP) is 3.02. The van der Waals surface area contributed by atoms with Gasteiger partial charge in [-0.3, -0.25) is 9.78 Å². The molecular weight excluding hydrogens is 224 g/mol. The highest BCUT2D eigenvalue weighted by molar-refractivity contribution is 5.99. The standard InChI is InChI=1S/C15H20N2O/c1-10(2)15(3,4)14(18)13-7-11-5-6-16-8-12(11)9-17-13/h5-7,9-10,16H,8H2,1-4H3. The second-order valence-corrected chi connectivity index (χ2v) is 5.69. The maximum Gasteiger partial charge on any atom is 0.187 e. The number of carbonyl (C=O) groups is 1. The lowest BCUT2D eigenvalue weighted by molar-refractivity contribution is 0.0766. The second kappa shape index (κ2) is 4.56. The Hall–Kier alpha value is -1.64. The first-order valence-electron chi connectivity index (χ1n) is 6.36. The summed E-state index contributed by atoms with van der Waals surface area (Å²) in [6, 6.07) is 1.90. The summed E-state index contributed by atoms with van der Waals surface area (Å²) in [6.07, 6.45) is 5.69. The van der Waals surface area contributed by atoms with Crippen molar-refractivity contribution in [3.63, 3.8) is 0 Å². The number of rotatable bonds is 3. The van der Waals surface area contributed by atoms with E-state index in [1.165, 1.54) is 0 Å². The van der Waals surface area contributed by atoms with E-state index in [4.69, 9.17) is 0 Å². The van der Waals surface area contributed by atoms with Crippen LogP contribution in [0.5, 0.6) is 0 Å². The summed E-state index contributed by atoms with van der Waals surface area (Å²) in [4.78, 5) is 16.8. The summed E-state index contributed by atoms with van der Waals surface area (Å²) < 4.78 is 0. The van der Waals surface area contributed by atoms with Crippen molar-refractivity contribution >= 4 is 11.9 Å². The number of pyridine rings is 1. The van der Waals surface area contributed by atoms with Gasteiger partial charge in [-0.2, -0.15) is 0 Å². The number of hydrogen-bond donors (Lipinski definition) is 1. The Kier molecular flexibility index (Phi) is 3.24. The van der Waals surface area contributed by atoms with Crippen LogP contribution in [0.3, 0.4) is 0 Å². The number of hydrogen-bond acceptors (Lipinski definition) is 3. The molecular formula is C15H20N2O. The molecule has 0 radical (unpaired) electrons. The van der Waals surface area contributed by atoms with Gasteiger partial charge in [-0.15, -0.1) is 0 Å². The molecule has 1 aliphatic rings. The lowest BCUT2D eigenvalue weighted by Crippen LogP contribution is -2.31. The molecule has 0 amide bonds. The third-order valence-electron chi connectivity index (χ3n) is 3.96. The van der Waals surface area contributed by atoms with Gasteiger partial charge >= 0.3 is 0 Å². The second-order valence-electron chi connectivity index (χ2n) is 5.69. The van der Waals surface area contributed by atoms with E-state index in [9.17, 15) is 4.79 Å². The van der Waals surface area contributed by atoms with Gasteiger partial charge in [-0.05, 0) is 35.4 Å². The highest BCUT2D eigenvalue weighted by Gasteiger charge is 2.33. The van der Waals surface area contributed by atoms with Crippen molar-refractivity contribution in [3.8, 4) is 0 Å². The number of nitrogens with zero attached hydrogens (tertiary/aromatic N) is 1. The lowest BCUT2D eigenvalue weighted by Gasteiger charge is -2.27. The zero-order chi connectivity index (χ0) is 13.3. The molecule has 0 fully saturated rings. The highest BCUT2D eigenvalue weighted by atomic mass is 16.1. The summed E-state index contributed by atoms with van der Waals surface area (Å²) in [5.74, 6) is 0.410. The van der Waals surface area contributed by atoms with Crippen LogP contribution in [0.4, 0.5) is 0 Å². The molecule has 0 aromatic carbocycles. The minimum Gasteiger partial charge on any atom is -0.387 e. The molecule has 96 valence electrons. The van der Waals surface area contributed by atoms with E-state index in [1.54, 1.807) is 6.20 Å². The SMILES string of the molecule is CC(C)C(C)(C)C(=O)c1cc2c(cn1)CNC=C2. The van der Waals surface area contributed by atoms with Crippen LogP contribution in [0.1, 0.15) is 49.3 Å². The van der Waals surface area contributed by atoms with Crippen LogP contribution < -0.4 is 5.32 Å². The number of nitrogens with one attached hydrogen (secondary N) is 1. The van der Waals surface area contributed by atoms with Crippen molar-refractivity contribution in [2.75, 3.05) is 0 Å². The molecule has 1 aromatic heterocycles. The van der Waals surface area contributed by atoms with Crippen molar-refractivity contribution < 1.29 is 4.79 Å². The maximum atomic E-state index is 12.5. The third-order valence-corrected chi connectivity index (χ3v) is 3.96. The topological polar surface area (TPSA) is 42.0 Å². The maximum absolute atomic E-state index is 12.5. The molecule has 0 aliphatic carbocycles. The number of ketones is 1. The molecule has 2 heterocycles. The van der Waals surface area contributed by atoms with Gasteiger partial charge < -0.3 is 5.32 Å². The van der Waals surface area contributed by atoms with Gasteiger partial charge in [0.15, 0.2) is 5.78 Å². The van der Waals surface area contributed by atoms with Gasteiger partial charge in [0.25, 0.3) is 0 Å². The first kappa shape index (κ1) is 12.8. The molecule has 0 spiro atoms. The molecule has 2 rings (SSSR count). The Bertz CT molecular complexity index is 501. The van der Waals surface area contributed by atoms with Crippen LogP contribution in [-0.4, -0.2) is 10.8 Å². The minimum atomic E-state index is -0.377. The fraction of sp³-hybridized carbons (Fsp3) is 0.467. The van der Waals surface area contributed by atoms with Gasteiger partial charge in [0.2, 0.25) is 0 Å². The van der Waals surface area contributed by atoms with Crippen LogP contribution in [0.2, 0.25) is 0 Å². The van der Waals surface area contributed by atoms with E-state index in [0.29, 0.717) is 11.6 Å². The predicted molar refractivity (Wildman–Crippen MR) is 73.1 cm³/mol. The Morgan fingerprint density at radius 2 is 2.17 bits per heavy atom. The Morgan fingerprint density at radius 3 is 2.83 bits per heavy atom. The van der Waals surface area contributed by atoms with Gasteiger partial charge in [0.05, 0.1) is 0 Å². The average molecular weight is 244 g/mol. The van der Waals surface area contributed by atoms with E-state index in [0.717, 1.165) is 17.7 Å². The van der Waals surface area contributed by atoms with Gasteiger partial charge in [-0.25, -0.2) is 0 Å². The van der Waals surface area contributed by atoms with E-state index in [2.05, 4.69) is 24.1 Å². The molecule has 1 aromatic rings. The van der Waals surface area contributed by atoms with E-state index >= 15 is 0 Å². The van der Waals surface area contributed by atoms with Crippen LogP contribution >= 0.6 is 0 Å². The fourth-order valence-electron chi connectivity index (χ4n) is 1.84. The largest absolute Gasteiger partial charge is 0.387 e. The van der Waals surface area contributed by atoms with Crippen LogP contribution in [0.15, 0.2) is 18.5 Å². The van der Waals surface area contributed by atoms with Crippen LogP contribution in [-0.2, 0) is 6.54 Å². The summed E-state index contributed by atoms with van der Waals surface area (Å²) in [6.45, 7) is 8.89. The smallest absolute Gasteiger partial charge is 0.187 e. The highest BCUT2D eigenvalue weighted by Crippen LogP contribution is 2.30. The Labute approximate surface area is 108 Å². The molecule has 1 N–H and O–H groups in total. The molecule has 0 atom stereocenters. The molecule has 18 heavy (non-hydrogen) atoms. The quantitative estimate of drug-likeness (QED) is 0.831. The first-order chi connectivity index (χ1) is 8.43. The molecule has 0 saturated carbocycles. The number of Topliss-reactive ketones (excluding diaryl/α,β-unsaturated/α-hetero) is 1. The zero-order valence-corrected chi connectivity index (χ0v) is 11.4. The van der Waals surface area contributed by atoms with E-state index < -0.39 is 0 Å². The van der Waals surface area contributed by atoms with Gasteiger partial charge in [0.1, 0.15) is 5.69 Å². The van der Waals surface area contributed by atoms with Crippen molar-refractivity contribution in [3.05, 3.63) is 35.3 Å². The zero-order valence-electron chi connectivity index (χ0n) is 11.4.